The first-order valence-electron chi connectivity index (χ1n) is 5.38. The average molecular weight is 261 g/mol. The number of aromatic nitrogens is 1. The fourth-order valence-electron chi connectivity index (χ4n) is 1.73. The van der Waals surface area contributed by atoms with Crippen LogP contribution in [0.5, 0.6) is 0 Å². The van der Waals surface area contributed by atoms with Gasteiger partial charge in [-0.05, 0) is 22.9 Å². The van der Waals surface area contributed by atoms with Crippen LogP contribution in [-0.4, -0.2) is 4.98 Å². The van der Waals surface area contributed by atoms with Gasteiger partial charge < -0.3 is 4.42 Å². The van der Waals surface area contributed by atoms with Crippen LogP contribution in [0.2, 0.25) is 0 Å². The lowest BCUT2D eigenvalue weighted by molar-refractivity contribution is 0.513. The maximum atomic E-state index is 5.49. The average Bonchev–Trinajstić information content (AvgIpc) is 3.04. The number of hydrogen-bond acceptors (Lipinski definition) is 4. The third kappa shape index (κ3) is 2.48. The lowest BCUT2D eigenvalue weighted by Crippen LogP contribution is -1.92. The van der Waals surface area contributed by atoms with E-state index in [-0.39, 0.29) is 0 Å². The van der Waals surface area contributed by atoms with Gasteiger partial charge in [-0.15, -0.1) is 22.7 Å². The molecule has 0 saturated carbocycles. The summed E-state index contributed by atoms with van der Waals surface area (Å²) in [4.78, 5) is 6.96. The molecule has 3 aromatic heterocycles. The maximum Gasteiger partial charge on any atom is 0.181 e. The second-order valence-electron chi connectivity index (χ2n) is 3.73. The Morgan fingerprint density at radius 1 is 1.00 bits per heavy atom. The van der Waals surface area contributed by atoms with Crippen LogP contribution in [0.25, 0.3) is 0 Å². The predicted molar refractivity (Wildman–Crippen MR) is 70.8 cm³/mol. The van der Waals surface area contributed by atoms with Crippen molar-refractivity contribution in [3.05, 3.63) is 62.6 Å². The Bertz CT molecular complexity index is 516. The van der Waals surface area contributed by atoms with Gasteiger partial charge in [0.1, 0.15) is 5.76 Å². The Morgan fingerprint density at radius 3 is 2.35 bits per heavy atom. The van der Waals surface area contributed by atoms with Crippen molar-refractivity contribution in [2.45, 2.75) is 12.8 Å². The van der Waals surface area contributed by atoms with Gasteiger partial charge in [0.25, 0.3) is 0 Å². The lowest BCUT2D eigenvalue weighted by Gasteiger charge is -1.98. The van der Waals surface area contributed by atoms with Crippen molar-refractivity contribution in [2.75, 3.05) is 0 Å². The van der Waals surface area contributed by atoms with Gasteiger partial charge in [-0.2, -0.15) is 0 Å². The zero-order valence-electron chi connectivity index (χ0n) is 9.13. The highest BCUT2D eigenvalue weighted by molar-refractivity contribution is 7.10. The Hall–Kier alpha value is -1.39. The van der Waals surface area contributed by atoms with Gasteiger partial charge in [0.2, 0.25) is 0 Å². The molecule has 0 saturated heterocycles. The summed E-state index contributed by atoms with van der Waals surface area (Å²) in [6, 6.07) is 8.39. The number of rotatable bonds is 4. The van der Waals surface area contributed by atoms with E-state index in [4.69, 9.17) is 4.42 Å². The number of nitrogens with zero attached hydrogens (tertiary/aromatic N) is 1. The molecule has 17 heavy (non-hydrogen) atoms. The van der Waals surface area contributed by atoms with Crippen LogP contribution in [-0.2, 0) is 12.8 Å². The second kappa shape index (κ2) is 4.85. The van der Waals surface area contributed by atoms with E-state index in [1.807, 2.05) is 0 Å². The van der Waals surface area contributed by atoms with Crippen LogP contribution >= 0.6 is 22.7 Å². The van der Waals surface area contributed by atoms with Gasteiger partial charge in [0, 0.05) is 22.6 Å². The van der Waals surface area contributed by atoms with Gasteiger partial charge in [0.15, 0.2) is 6.39 Å². The van der Waals surface area contributed by atoms with Crippen LogP contribution in [0.4, 0.5) is 0 Å². The monoisotopic (exact) mass is 261 g/mol. The molecule has 0 atom stereocenters. The van der Waals surface area contributed by atoms with E-state index in [1.165, 1.54) is 9.75 Å². The van der Waals surface area contributed by atoms with Crippen molar-refractivity contribution in [3.63, 3.8) is 0 Å². The van der Waals surface area contributed by atoms with E-state index in [1.54, 1.807) is 29.1 Å². The molecule has 0 aliphatic carbocycles. The first-order valence-corrected chi connectivity index (χ1v) is 7.14. The molecule has 0 fully saturated rings. The molecule has 2 nitrogen and oxygen atoms in total. The van der Waals surface area contributed by atoms with Crippen LogP contribution in [0, 0.1) is 0 Å². The van der Waals surface area contributed by atoms with Gasteiger partial charge in [-0.1, -0.05) is 12.1 Å². The topological polar surface area (TPSA) is 26.0 Å². The molecule has 86 valence electrons. The normalized spacial score (nSPS) is 10.8. The fraction of sp³-hybridized carbons (Fsp3) is 0.154. The molecule has 0 aromatic carbocycles. The maximum absolute atomic E-state index is 5.49. The van der Waals surface area contributed by atoms with E-state index in [2.05, 4.69) is 40.0 Å². The summed E-state index contributed by atoms with van der Waals surface area (Å²) < 4.78 is 5.49. The molecule has 0 bridgehead atoms. The summed E-state index contributed by atoms with van der Waals surface area (Å²) in [5.41, 5.74) is 1.06. The molecule has 0 radical (unpaired) electrons. The zero-order chi connectivity index (χ0) is 11.5. The van der Waals surface area contributed by atoms with Crippen molar-refractivity contribution in [2.24, 2.45) is 0 Å². The Labute approximate surface area is 108 Å². The summed E-state index contributed by atoms with van der Waals surface area (Å²) in [5, 5.41) is 4.18. The summed E-state index contributed by atoms with van der Waals surface area (Å²) in [7, 11) is 0. The Morgan fingerprint density at radius 2 is 1.71 bits per heavy atom. The highest BCUT2D eigenvalue weighted by atomic mass is 32.1. The van der Waals surface area contributed by atoms with Crippen molar-refractivity contribution in [1.82, 2.24) is 4.98 Å². The minimum absolute atomic E-state index is 0.846. The van der Waals surface area contributed by atoms with Crippen molar-refractivity contribution in [3.8, 4) is 0 Å². The molecule has 0 aliphatic heterocycles. The number of hydrogen-bond donors (Lipinski definition) is 0. The summed E-state index contributed by atoms with van der Waals surface area (Å²) in [6.45, 7) is 0. The molecular weight excluding hydrogens is 250 g/mol. The second-order valence-corrected chi connectivity index (χ2v) is 5.80. The third-order valence-electron chi connectivity index (χ3n) is 2.56. The third-order valence-corrected chi connectivity index (χ3v) is 4.31. The summed E-state index contributed by atoms with van der Waals surface area (Å²) in [5.74, 6) is 0.987. The summed E-state index contributed by atoms with van der Waals surface area (Å²) >= 11 is 3.51. The molecule has 0 unspecified atom stereocenters. The van der Waals surface area contributed by atoms with Crippen molar-refractivity contribution >= 4 is 22.7 Å². The lowest BCUT2D eigenvalue weighted by atomic mass is 10.2. The molecule has 3 aromatic rings. The van der Waals surface area contributed by atoms with E-state index >= 15 is 0 Å². The molecule has 3 rings (SSSR count). The van der Waals surface area contributed by atoms with E-state index in [9.17, 15) is 0 Å². The number of oxazole rings is 1. The molecular formula is C13H11NOS2. The van der Waals surface area contributed by atoms with Crippen LogP contribution in [0.3, 0.4) is 0 Å². The molecule has 0 aliphatic rings. The van der Waals surface area contributed by atoms with E-state index < -0.39 is 0 Å². The minimum atomic E-state index is 0.846. The smallest absolute Gasteiger partial charge is 0.181 e. The van der Waals surface area contributed by atoms with Crippen LogP contribution in [0.1, 0.15) is 21.2 Å². The SMILES string of the molecule is c1csc(Cc2ncoc2Cc2cccs2)c1. The van der Waals surface area contributed by atoms with Gasteiger partial charge in [0.05, 0.1) is 5.69 Å². The van der Waals surface area contributed by atoms with Crippen LogP contribution < -0.4 is 0 Å². The number of thiophene rings is 2. The molecule has 0 amide bonds. The van der Waals surface area contributed by atoms with Crippen molar-refractivity contribution < 1.29 is 4.42 Å². The molecule has 4 heteroatoms. The molecule has 0 N–H and O–H groups in total. The van der Waals surface area contributed by atoms with Gasteiger partial charge in [-0.3, -0.25) is 0 Å². The van der Waals surface area contributed by atoms with Gasteiger partial charge in [-0.25, -0.2) is 4.98 Å². The molecule has 3 heterocycles. The largest absolute Gasteiger partial charge is 0.448 e. The first-order chi connectivity index (χ1) is 8.42. The summed E-state index contributed by atoms with van der Waals surface area (Å²) in [6.07, 6.45) is 3.26. The predicted octanol–water partition coefficient (Wildman–Crippen LogP) is 3.98. The minimum Gasteiger partial charge on any atom is -0.448 e. The Balaban J connectivity index is 1.79. The highest BCUT2D eigenvalue weighted by Gasteiger charge is 2.10. The standard InChI is InChI=1S/C13H11NOS2/c1-3-10(16-5-1)7-12-13(15-9-14-12)8-11-4-2-6-17-11/h1-6,9H,7-8H2. The quantitative estimate of drug-likeness (QED) is 0.710. The first kappa shape index (κ1) is 10.7. The van der Waals surface area contributed by atoms with Gasteiger partial charge >= 0.3 is 0 Å². The highest BCUT2D eigenvalue weighted by Crippen LogP contribution is 2.21. The zero-order valence-corrected chi connectivity index (χ0v) is 10.8. The van der Waals surface area contributed by atoms with E-state index in [0.717, 1.165) is 24.3 Å². The fourth-order valence-corrected chi connectivity index (χ4v) is 3.14. The van der Waals surface area contributed by atoms with E-state index in [0.29, 0.717) is 0 Å². The van der Waals surface area contributed by atoms with Crippen LogP contribution in [0.15, 0.2) is 45.8 Å². The Kier molecular flexibility index (Phi) is 3.07. The molecule has 0 spiro atoms. The van der Waals surface area contributed by atoms with Crippen molar-refractivity contribution in [1.29, 1.82) is 0 Å².